The quantitative estimate of drug-likeness (QED) is 0.293. The first kappa shape index (κ1) is 26.9. The summed E-state index contributed by atoms with van der Waals surface area (Å²) in [6.45, 7) is 2.40. The van der Waals surface area contributed by atoms with Crippen molar-refractivity contribution in [3.8, 4) is 0 Å². The molecule has 0 aliphatic carbocycles. The Labute approximate surface area is 228 Å². The maximum absolute atomic E-state index is 13.5. The van der Waals surface area contributed by atoms with Crippen LogP contribution < -0.4 is 5.32 Å². The third-order valence-electron chi connectivity index (χ3n) is 5.93. The van der Waals surface area contributed by atoms with Gasteiger partial charge in [0, 0.05) is 17.2 Å². The van der Waals surface area contributed by atoms with Gasteiger partial charge < -0.3 is 19.9 Å². The van der Waals surface area contributed by atoms with Crippen molar-refractivity contribution in [2.24, 2.45) is 0 Å². The van der Waals surface area contributed by atoms with Gasteiger partial charge in [-0.25, -0.2) is 4.79 Å². The van der Waals surface area contributed by atoms with Crippen LogP contribution in [0.1, 0.15) is 75.7 Å². The summed E-state index contributed by atoms with van der Waals surface area (Å²) in [6.07, 6.45) is 1.47. The second kappa shape index (κ2) is 11.9. The summed E-state index contributed by atoms with van der Waals surface area (Å²) in [5, 5.41) is 12.6. The lowest BCUT2D eigenvalue weighted by molar-refractivity contribution is -0.181. The van der Waals surface area contributed by atoms with Crippen LogP contribution in [0, 0.1) is 0 Å². The predicted molar refractivity (Wildman–Crippen MR) is 142 cm³/mol. The third kappa shape index (κ3) is 6.22. The van der Waals surface area contributed by atoms with Crippen LogP contribution in [0.2, 0.25) is 13.7 Å². The molecule has 0 saturated carbocycles. The molecule has 10 heteroatoms. The van der Waals surface area contributed by atoms with Crippen molar-refractivity contribution in [3.63, 3.8) is 0 Å². The standard InChI is InChI=1S/C26H24Cl3NO5S/c1-14(15-8-10-16(11-9-15)26(32)33)30-25(31)21-20(23(28)36-24(21)29)22(17-5-4-6-18(27)13-17)35-19-7-2-3-12-34-19/h4-6,8-11,13-14,19,22H,2-3,7,12H2,1H3,(H,30,31)(H,32,33). The smallest absolute Gasteiger partial charge is 0.335 e. The molecule has 190 valence electrons. The van der Waals surface area contributed by atoms with E-state index in [-0.39, 0.29) is 15.5 Å². The second-order valence-corrected chi connectivity index (χ2v) is 11.1. The summed E-state index contributed by atoms with van der Waals surface area (Å²) in [4.78, 5) is 24.6. The van der Waals surface area contributed by atoms with Gasteiger partial charge in [-0.3, -0.25) is 4.79 Å². The van der Waals surface area contributed by atoms with Crippen LogP contribution >= 0.6 is 46.1 Å². The Morgan fingerprint density at radius 1 is 1.08 bits per heavy atom. The molecule has 3 aromatic rings. The number of carbonyl (C=O) groups excluding carboxylic acids is 1. The SMILES string of the molecule is CC(NC(=O)c1c(Cl)sc(Cl)c1C(OC1CCCCO1)c1cccc(Cl)c1)c1ccc(C(=O)O)cc1. The molecule has 1 fully saturated rings. The van der Waals surface area contributed by atoms with Crippen molar-refractivity contribution in [2.45, 2.75) is 44.6 Å². The second-order valence-electron chi connectivity index (χ2n) is 8.43. The fourth-order valence-electron chi connectivity index (χ4n) is 4.05. The first-order valence-electron chi connectivity index (χ1n) is 11.4. The van der Waals surface area contributed by atoms with E-state index in [1.54, 1.807) is 37.3 Å². The molecule has 4 rings (SSSR count). The average molecular weight is 569 g/mol. The molecule has 3 atom stereocenters. The molecule has 2 heterocycles. The highest BCUT2D eigenvalue weighted by molar-refractivity contribution is 7.20. The minimum absolute atomic E-state index is 0.165. The van der Waals surface area contributed by atoms with Gasteiger partial charge in [0.05, 0.1) is 17.2 Å². The maximum Gasteiger partial charge on any atom is 0.335 e. The number of nitrogens with one attached hydrogen (secondary N) is 1. The topological polar surface area (TPSA) is 84.9 Å². The van der Waals surface area contributed by atoms with Crippen LogP contribution in [0.4, 0.5) is 0 Å². The number of thiophene rings is 1. The van der Waals surface area contributed by atoms with Gasteiger partial charge in [0.25, 0.3) is 5.91 Å². The number of benzene rings is 2. The molecule has 1 amide bonds. The normalized spacial score (nSPS) is 17.4. The van der Waals surface area contributed by atoms with Gasteiger partial charge in [-0.2, -0.15) is 0 Å². The summed E-state index contributed by atoms with van der Waals surface area (Å²) >= 11 is 20.5. The van der Waals surface area contributed by atoms with Crippen LogP contribution in [-0.2, 0) is 9.47 Å². The fourth-order valence-corrected chi connectivity index (χ4v) is 6.00. The first-order chi connectivity index (χ1) is 17.2. The zero-order chi connectivity index (χ0) is 25.8. The number of halogens is 3. The third-order valence-corrected chi connectivity index (χ3v) is 7.80. The zero-order valence-electron chi connectivity index (χ0n) is 19.3. The molecule has 0 bridgehead atoms. The molecular formula is C26H24Cl3NO5S. The first-order valence-corrected chi connectivity index (χ1v) is 13.3. The highest BCUT2D eigenvalue weighted by Crippen LogP contribution is 2.45. The van der Waals surface area contributed by atoms with Crippen molar-refractivity contribution in [1.82, 2.24) is 5.32 Å². The molecule has 2 aromatic carbocycles. The van der Waals surface area contributed by atoms with Crippen LogP contribution in [-0.4, -0.2) is 29.9 Å². The van der Waals surface area contributed by atoms with Crippen molar-refractivity contribution < 1.29 is 24.2 Å². The number of ether oxygens (including phenoxy) is 2. The molecule has 2 N–H and O–H groups in total. The number of carboxylic acids is 1. The lowest BCUT2D eigenvalue weighted by atomic mass is 9.99. The van der Waals surface area contributed by atoms with E-state index in [2.05, 4.69) is 5.32 Å². The molecule has 3 unspecified atom stereocenters. The highest BCUT2D eigenvalue weighted by atomic mass is 35.5. The van der Waals surface area contributed by atoms with Crippen LogP contribution in [0.5, 0.6) is 0 Å². The number of aromatic carboxylic acids is 1. The maximum atomic E-state index is 13.5. The molecule has 6 nitrogen and oxygen atoms in total. The Bertz CT molecular complexity index is 1240. The number of carbonyl (C=O) groups is 2. The minimum atomic E-state index is -1.02. The van der Waals surface area contributed by atoms with E-state index in [4.69, 9.17) is 49.4 Å². The van der Waals surface area contributed by atoms with E-state index < -0.39 is 30.3 Å². The van der Waals surface area contributed by atoms with Crippen LogP contribution in [0.3, 0.4) is 0 Å². The van der Waals surface area contributed by atoms with E-state index in [0.29, 0.717) is 21.5 Å². The summed E-state index contributed by atoms with van der Waals surface area (Å²) < 4.78 is 12.8. The molecule has 1 aliphatic heterocycles. The Morgan fingerprint density at radius 2 is 1.83 bits per heavy atom. The van der Waals surface area contributed by atoms with Gasteiger partial charge in [0.1, 0.15) is 14.8 Å². The number of amides is 1. The Hall–Kier alpha value is -2.13. The summed E-state index contributed by atoms with van der Waals surface area (Å²) in [5.74, 6) is -1.44. The number of hydrogen-bond donors (Lipinski definition) is 2. The fraction of sp³-hybridized carbons (Fsp3) is 0.308. The van der Waals surface area contributed by atoms with Gasteiger partial charge in [-0.05, 0) is 61.6 Å². The van der Waals surface area contributed by atoms with E-state index in [0.717, 1.165) is 41.7 Å². The number of carboxylic acid groups (broad SMARTS) is 1. The van der Waals surface area contributed by atoms with Crippen molar-refractivity contribution in [1.29, 1.82) is 0 Å². The Kier molecular flexibility index (Phi) is 8.93. The van der Waals surface area contributed by atoms with Crippen LogP contribution in [0.25, 0.3) is 0 Å². The van der Waals surface area contributed by atoms with Gasteiger partial charge in [0.15, 0.2) is 6.29 Å². The van der Waals surface area contributed by atoms with Gasteiger partial charge >= 0.3 is 5.97 Å². The lowest BCUT2D eigenvalue weighted by Gasteiger charge is -2.29. The highest BCUT2D eigenvalue weighted by Gasteiger charge is 2.33. The Balaban J connectivity index is 1.66. The molecule has 0 radical (unpaired) electrons. The average Bonchev–Trinajstić information content (AvgIpc) is 3.16. The summed E-state index contributed by atoms with van der Waals surface area (Å²) in [5.41, 5.74) is 2.30. The van der Waals surface area contributed by atoms with Crippen molar-refractivity contribution in [3.05, 3.63) is 90.0 Å². The minimum Gasteiger partial charge on any atom is -0.478 e. The predicted octanol–water partition coefficient (Wildman–Crippen LogP) is 7.53. The summed E-state index contributed by atoms with van der Waals surface area (Å²) in [7, 11) is 0. The van der Waals surface area contributed by atoms with E-state index in [1.807, 2.05) is 6.07 Å². The molecule has 1 aliphatic rings. The number of hydrogen-bond acceptors (Lipinski definition) is 5. The molecule has 0 spiro atoms. The van der Waals surface area contributed by atoms with Gasteiger partial charge in [0.2, 0.25) is 0 Å². The van der Waals surface area contributed by atoms with E-state index in [1.165, 1.54) is 12.1 Å². The zero-order valence-corrected chi connectivity index (χ0v) is 22.4. The molecular weight excluding hydrogens is 545 g/mol. The van der Waals surface area contributed by atoms with Gasteiger partial charge in [-0.1, -0.05) is 59.1 Å². The summed E-state index contributed by atoms with van der Waals surface area (Å²) in [6, 6.07) is 13.1. The lowest BCUT2D eigenvalue weighted by Crippen LogP contribution is -2.29. The molecule has 36 heavy (non-hydrogen) atoms. The van der Waals surface area contributed by atoms with Gasteiger partial charge in [-0.15, -0.1) is 11.3 Å². The molecule has 1 aromatic heterocycles. The van der Waals surface area contributed by atoms with E-state index in [9.17, 15) is 9.59 Å². The van der Waals surface area contributed by atoms with E-state index >= 15 is 0 Å². The van der Waals surface area contributed by atoms with Crippen LogP contribution in [0.15, 0.2) is 48.5 Å². The largest absolute Gasteiger partial charge is 0.478 e. The monoisotopic (exact) mass is 567 g/mol. The van der Waals surface area contributed by atoms with Crippen molar-refractivity contribution in [2.75, 3.05) is 6.61 Å². The molecule has 1 saturated heterocycles. The Morgan fingerprint density at radius 3 is 2.47 bits per heavy atom. The number of rotatable bonds is 8. The van der Waals surface area contributed by atoms with Crippen molar-refractivity contribution >= 4 is 58.0 Å².